The molecule has 24 heavy (non-hydrogen) atoms. The van der Waals surface area contributed by atoms with E-state index >= 15 is 0 Å². The second-order valence-electron chi connectivity index (χ2n) is 6.91. The lowest BCUT2D eigenvalue weighted by Crippen LogP contribution is -2.39. The summed E-state index contributed by atoms with van der Waals surface area (Å²) in [6, 6.07) is 19.7. The van der Waals surface area contributed by atoms with E-state index in [0.29, 0.717) is 6.04 Å². The first-order chi connectivity index (χ1) is 11.8. The van der Waals surface area contributed by atoms with Crippen molar-refractivity contribution in [1.29, 1.82) is 0 Å². The van der Waals surface area contributed by atoms with Gasteiger partial charge in [0.25, 0.3) is 0 Å². The number of rotatable bonds is 4. The fourth-order valence-corrected chi connectivity index (χ4v) is 4.16. The van der Waals surface area contributed by atoms with Crippen molar-refractivity contribution in [3.8, 4) is 0 Å². The molecule has 1 atom stereocenters. The first-order valence-corrected chi connectivity index (χ1v) is 8.88. The number of hydrogen-bond donors (Lipinski definition) is 1. The van der Waals surface area contributed by atoms with Gasteiger partial charge in [0.2, 0.25) is 0 Å². The molecule has 0 radical (unpaired) electrons. The monoisotopic (exact) mass is 323 g/mol. The highest BCUT2D eigenvalue weighted by molar-refractivity contribution is 5.37. The van der Waals surface area contributed by atoms with Gasteiger partial charge >= 0.3 is 0 Å². The van der Waals surface area contributed by atoms with Crippen LogP contribution in [0.4, 0.5) is 0 Å². The van der Waals surface area contributed by atoms with Crippen molar-refractivity contribution < 1.29 is 9.47 Å². The van der Waals surface area contributed by atoms with Gasteiger partial charge in [0.15, 0.2) is 6.29 Å². The van der Waals surface area contributed by atoms with Gasteiger partial charge in [-0.05, 0) is 36.8 Å². The molecule has 1 fully saturated rings. The highest BCUT2D eigenvalue weighted by Gasteiger charge is 2.46. The molecule has 0 amide bonds. The maximum absolute atomic E-state index is 6.37. The zero-order chi connectivity index (χ0) is 16.4. The van der Waals surface area contributed by atoms with E-state index in [1.165, 1.54) is 16.7 Å². The van der Waals surface area contributed by atoms with E-state index in [1.807, 2.05) is 0 Å². The summed E-state index contributed by atoms with van der Waals surface area (Å²) in [4.78, 5) is 0. The molecular weight excluding hydrogens is 298 g/mol. The Morgan fingerprint density at radius 2 is 1.75 bits per heavy atom. The van der Waals surface area contributed by atoms with Crippen LogP contribution in [0.5, 0.6) is 0 Å². The van der Waals surface area contributed by atoms with E-state index in [0.717, 1.165) is 32.2 Å². The van der Waals surface area contributed by atoms with Gasteiger partial charge in [-0.15, -0.1) is 0 Å². The zero-order valence-corrected chi connectivity index (χ0v) is 14.2. The van der Waals surface area contributed by atoms with Gasteiger partial charge in [-0.2, -0.15) is 0 Å². The highest BCUT2D eigenvalue weighted by Crippen LogP contribution is 2.51. The molecule has 0 saturated heterocycles. The molecule has 1 aliphatic heterocycles. The van der Waals surface area contributed by atoms with Crippen molar-refractivity contribution in [2.75, 3.05) is 7.11 Å². The maximum Gasteiger partial charge on any atom is 0.184 e. The van der Waals surface area contributed by atoms with E-state index in [-0.39, 0.29) is 11.9 Å². The SMILES string of the molecule is COC1OC2(CCC(NCc3ccccc3)CC2)c2ccccc21. The lowest BCUT2D eigenvalue weighted by molar-refractivity contribution is -0.199. The Hall–Kier alpha value is -1.68. The normalized spacial score (nSPS) is 28.9. The van der Waals surface area contributed by atoms with Gasteiger partial charge in [0.1, 0.15) is 0 Å². The molecule has 1 heterocycles. The van der Waals surface area contributed by atoms with Crippen molar-refractivity contribution in [2.45, 2.75) is 50.2 Å². The summed E-state index contributed by atoms with van der Waals surface area (Å²) in [6.07, 6.45) is 4.16. The van der Waals surface area contributed by atoms with Crippen LogP contribution < -0.4 is 5.32 Å². The Kier molecular flexibility index (Phi) is 4.40. The van der Waals surface area contributed by atoms with Gasteiger partial charge in [-0.1, -0.05) is 54.6 Å². The molecular formula is C21H25NO2. The summed E-state index contributed by atoms with van der Waals surface area (Å²) in [5.41, 5.74) is 3.73. The first kappa shape index (κ1) is 15.8. The maximum atomic E-state index is 6.37. The fraction of sp³-hybridized carbons (Fsp3) is 0.429. The summed E-state index contributed by atoms with van der Waals surface area (Å²) >= 11 is 0. The molecule has 2 aromatic rings. The van der Waals surface area contributed by atoms with Crippen molar-refractivity contribution in [3.05, 3.63) is 71.3 Å². The summed E-state index contributed by atoms with van der Waals surface area (Å²) in [5.74, 6) is 0. The molecule has 1 saturated carbocycles. The van der Waals surface area contributed by atoms with E-state index in [1.54, 1.807) is 7.11 Å². The molecule has 0 aromatic heterocycles. The van der Waals surface area contributed by atoms with E-state index in [4.69, 9.17) is 9.47 Å². The quantitative estimate of drug-likeness (QED) is 0.910. The van der Waals surface area contributed by atoms with Crippen LogP contribution in [0.15, 0.2) is 54.6 Å². The average molecular weight is 323 g/mol. The second-order valence-corrected chi connectivity index (χ2v) is 6.91. The lowest BCUT2D eigenvalue weighted by atomic mass is 9.77. The number of hydrogen-bond acceptors (Lipinski definition) is 3. The van der Waals surface area contributed by atoms with Crippen molar-refractivity contribution in [1.82, 2.24) is 5.32 Å². The minimum Gasteiger partial charge on any atom is -0.352 e. The zero-order valence-electron chi connectivity index (χ0n) is 14.2. The van der Waals surface area contributed by atoms with Crippen molar-refractivity contribution >= 4 is 0 Å². The topological polar surface area (TPSA) is 30.5 Å². The lowest BCUT2D eigenvalue weighted by Gasteiger charge is -2.38. The summed E-state index contributed by atoms with van der Waals surface area (Å²) in [5, 5.41) is 3.71. The Labute approximate surface area is 144 Å². The van der Waals surface area contributed by atoms with Gasteiger partial charge in [-0.3, -0.25) is 0 Å². The number of ether oxygens (including phenoxy) is 2. The smallest absolute Gasteiger partial charge is 0.184 e. The Morgan fingerprint density at radius 3 is 2.50 bits per heavy atom. The molecule has 2 aromatic carbocycles. The molecule has 3 nitrogen and oxygen atoms in total. The minimum absolute atomic E-state index is 0.151. The van der Waals surface area contributed by atoms with Crippen LogP contribution >= 0.6 is 0 Å². The number of fused-ring (bicyclic) bond motifs is 2. The molecule has 0 bridgehead atoms. The van der Waals surface area contributed by atoms with E-state index in [9.17, 15) is 0 Å². The molecule has 3 heteroatoms. The van der Waals surface area contributed by atoms with Gasteiger partial charge in [-0.25, -0.2) is 0 Å². The van der Waals surface area contributed by atoms with Gasteiger partial charge < -0.3 is 14.8 Å². The van der Waals surface area contributed by atoms with Gasteiger partial charge in [0, 0.05) is 25.3 Å². The van der Waals surface area contributed by atoms with Crippen LogP contribution in [-0.2, 0) is 21.6 Å². The third kappa shape index (κ3) is 2.88. The molecule has 126 valence electrons. The molecule has 1 spiro atoms. The molecule has 2 aliphatic rings. The van der Waals surface area contributed by atoms with Crippen LogP contribution in [-0.4, -0.2) is 13.2 Å². The Balaban J connectivity index is 1.41. The third-order valence-corrected chi connectivity index (χ3v) is 5.48. The van der Waals surface area contributed by atoms with E-state index < -0.39 is 0 Å². The number of nitrogens with one attached hydrogen (secondary N) is 1. The summed E-state index contributed by atoms with van der Waals surface area (Å²) in [6.45, 7) is 0.941. The Morgan fingerprint density at radius 1 is 1.04 bits per heavy atom. The predicted octanol–water partition coefficient (Wildman–Crippen LogP) is 4.29. The number of methoxy groups -OCH3 is 1. The van der Waals surface area contributed by atoms with Crippen LogP contribution in [0.3, 0.4) is 0 Å². The molecule has 1 aliphatic carbocycles. The summed E-state index contributed by atoms with van der Waals surface area (Å²) < 4.78 is 11.9. The van der Waals surface area contributed by atoms with Crippen molar-refractivity contribution in [2.24, 2.45) is 0 Å². The summed E-state index contributed by atoms with van der Waals surface area (Å²) in [7, 11) is 1.73. The first-order valence-electron chi connectivity index (χ1n) is 8.88. The minimum atomic E-state index is -0.213. The predicted molar refractivity (Wildman–Crippen MR) is 94.5 cm³/mol. The molecule has 4 rings (SSSR count). The van der Waals surface area contributed by atoms with Crippen LogP contribution in [0.25, 0.3) is 0 Å². The largest absolute Gasteiger partial charge is 0.352 e. The standard InChI is InChI=1S/C21H25NO2/c1-23-20-18-9-5-6-10-19(18)21(24-20)13-11-17(12-14-21)22-15-16-7-3-2-4-8-16/h2-10,17,20,22H,11-15H2,1H3. The van der Waals surface area contributed by atoms with Gasteiger partial charge in [0.05, 0.1) is 5.60 Å². The molecule has 1 N–H and O–H groups in total. The number of benzene rings is 2. The molecule has 1 unspecified atom stereocenters. The van der Waals surface area contributed by atoms with Crippen LogP contribution in [0.1, 0.15) is 48.7 Å². The fourth-order valence-electron chi connectivity index (χ4n) is 4.16. The van der Waals surface area contributed by atoms with Crippen molar-refractivity contribution in [3.63, 3.8) is 0 Å². The van der Waals surface area contributed by atoms with E-state index in [2.05, 4.69) is 59.9 Å². The van der Waals surface area contributed by atoms with Crippen LogP contribution in [0, 0.1) is 0 Å². The van der Waals surface area contributed by atoms with Crippen LogP contribution in [0.2, 0.25) is 0 Å². The highest BCUT2D eigenvalue weighted by atomic mass is 16.7. The Bertz CT molecular complexity index is 677. The second kappa shape index (κ2) is 6.67. The average Bonchev–Trinajstić information content (AvgIpc) is 2.96. The third-order valence-electron chi connectivity index (χ3n) is 5.48.